The van der Waals surface area contributed by atoms with Gasteiger partial charge in [-0.1, -0.05) is 39.5 Å². The first-order valence-corrected chi connectivity index (χ1v) is 6.41. The summed E-state index contributed by atoms with van der Waals surface area (Å²) in [5.74, 6) is 1.60. The van der Waals surface area contributed by atoms with E-state index in [0.29, 0.717) is 11.1 Å². The van der Waals surface area contributed by atoms with Crippen LogP contribution < -0.4 is 0 Å². The van der Waals surface area contributed by atoms with Gasteiger partial charge in [0.05, 0.1) is 0 Å². The highest BCUT2D eigenvalue weighted by Gasteiger charge is 2.12. The van der Waals surface area contributed by atoms with Crippen molar-refractivity contribution in [2.75, 3.05) is 0 Å². The predicted octanol–water partition coefficient (Wildman–Crippen LogP) is 5.40. The Balaban J connectivity index is 2.35. The lowest BCUT2D eigenvalue weighted by Gasteiger charge is -2.11. The first-order chi connectivity index (χ1) is 7.27. The SMILES string of the molecule is CCCCCCC(CC)c1ccc(Cl)o1. The van der Waals surface area contributed by atoms with Crippen molar-refractivity contribution in [1.29, 1.82) is 0 Å². The lowest BCUT2D eigenvalue weighted by Crippen LogP contribution is -1.95. The largest absolute Gasteiger partial charge is 0.449 e. The molecule has 0 saturated heterocycles. The van der Waals surface area contributed by atoms with Crippen LogP contribution in [0.3, 0.4) is 0 Å². The van der Waals surface area contributed by atoms with Crippen LogP contribution in [0.5, 0.6) is 0 Å². The maximum atomic E-state index is 5.78. The first-order valence-electron chi connectivity index (χ1n) is 6.03. The monoisotopic (exact) mass is 228 g/mol. The average Bonchev–Trinajstić information content (AvgIpc) is 2.65. The van der Waals surface area contributed by atoms with Crippen LogP contribution in [-0.2, 0) is 0 Å². The van der Waals surface area contributed by atoms with Gasteiger partial charge in [-0.3, -0.25) is 0 Å². The Morgan fingerprint density at radius 2 is 2.00 bits per heavy atom. The third-order valence-corrected chi connectivity index (χ3v) is 3.10. The minimum absolute atomic E-state index is 0.511. The fourth-order valence-corrected chi connectivity index (χ4v) is 2.06. The van der Waals surface area contributed by atoms with Crippen LogP contribution in [-0.4, -0.2) is 0 Å². The molecule has 0 aliphatic rings. The highest BCUT2D eigenvalue weighted by Crippen LogP contribution is 2.28. The second-order valence-corrected chi connectivity index (χ2v) is 4.47. The zero-order valence-corrected chi connectivity index (χ0v) is 10.5. The van der Waals surface area contributed by atoms with Crippen molar-refractivity contribution in [3.63, 3.8) is 0 Å². The molecular weight excluding hydrogens is 208 g/mol. The third kappa shape index (κ3) is 4.29. The molecule has 0 aromatic carbocycles. The van der Waals surface area contributed by atoms with E-state index in [-0.39, 0.29) is 0 Å². The zero-order chi connectivity index (χ0) is 11.1. The Bertz CT molecular complexity index is 267. The smallest absolute Gasteiger partial charge is 0.193 e. The van der Waals surface area contributed by atoms with E-state index >= 15 is 0 Å². The van der Waals surface area contributed by atoms with Gasteiger partial charge in [0.25, 0.3) is 0 Å². The number of furan rings is 1. The van der Waals surface area contributed by atoms with Crippen molar-refractivity contribution in [1.82, 2.24) is 0 Å². The summed E-state index contributed by atoms with van der Waals surface area (Å²) in [6.07, 6.45) is 7.63. The van der Waals surface area contributed by atoms with Gasteiger partial charge in [0.1, 0.15) is 5.76 Å². The molecular formula is C13H21ClO. The number of rotatable bonds is 7. The van der Waals surface area contributed by atoms with E-state index in [0.717, 1.165) is 12.2 Å². The highest BCUT2D eigenvalue weighted by atomic mass is 35.5. The van der Waals surface area contributed by atoms with Gasteiger partial charge >= 0.3 is 0 Å². The molecule has 1 atom stereocenters. The van der Waals surface area contributed by atoms with Crippen LogP contribution in [0.4, 0.5) is 0 Å². The lowest BCUT2D eigenvalue weighted by molar-refractivity contribution is 0.427. The molecule has 0 saturated carbocycles. The van der Waals surface area contributed by atoms with E-state index in [1.807, 2.05) is 12.1 Å². The number of hydrogen-bond acceptors (Lipinski definition) is 1. The van der Waals surface area contributed by atoms with Crippen molar-refractivity contribution >= 4 is 11.6 Å². The van der Waals surface area contributed by atoms with Gasteiger partial charge in [-0.25, -0.2) is 0 Å². The summed E-state index contributed by atoms with van der Waals surface area (Å²) in [5, 5.41) is 0.511. The van der Waals surface area contributed by atoms with Gasteiger partial charge < -0.3 is 4.42 Å². The Labute approximate surface area is 97.8 Å². The van der Waals surface area contributed by atoms with Crippen molar-refractivity contribution in [3.05, 3.63) is 23.1 Å². The fourth-order valence-electron chi connectivity index (χ4n) is 1.91. The number of unbranched alkanes of at least 4 members (excludes halogenated alkanes) is 3. The molecule has 0 aliphatic carbocycles. The molecule has 86 valence electrons. The van der Waals surface area contributed by atoms with Gasteiger partial charge in [0, 0.05) is 5.92 Å². The summed E-state index contributed by atoms with van der Waals surface area (Å²) >= 11 is 5.78. The van der Waals surface area contributed by atoms with Crippen molar-refractivity contribution in [3.8, 4) is 0 Å². The molecule has 2 heteroatoms. The molecule has 1 aromatic heterocycles. The minimum Gasteiger partial charge on any atom is -0.449 e. The van der Waals surface area contributed by atoms with Crippen LogP contribution in [0.15, 0.2) is 16.5 Å². The van der Waals surface area contributed by atoms with E-state index in [4.69, 9.17) is 16.0 Å². The molecule has 0 N–H and O–H groups in total. The molecule has 0 bridgehead atoms. The Morgan fingerprint density at radius 3 is 2.53 bits per heavy atom. The van der Waals surface area contributed by atoms with E-state index < -0.39 is 0 Å². The van der Waals surface area contributed by atoms with E-state index in [1.54, 1.807) is 0 Å². The normalized spacial score (nSPS) is 13.0. The molecule has 15 heavy (non-hydrogen) atoms. The Hall–Kier alpha value is -0.430. The third-order valence-electron chi connectivity index (χ3n) is 2.90. The summed E-state index contributed by atoms with van der Waals surface area (Å²) in [5.41, 5.74) is 0. The van der Waals surface area contributed by atoms with Crippen LogP contribution in [0, 0.1) is 0 Å². The van der Waals surface area contributed by atoms with Crippen molar-refractivity contribution in [2.45, 2.75) is 58.3 Å². The Morgan fingerprint density at radius 1 is 1.20 bits per heavy atom. The molecule has 0 spiro atoms. The Kier molecular flexibility index (Phi) is 5.85. The predicted molar refractivity (Wildman–Crippen MR) is 65.5 cm³/mol. The van der Waals surface area contributed by atoms with E-state index in [9.17, 15) is 0 Å². The molecule has 1 nitrogen and oxygen atoms in total. The summed E-state index contributed by atoms with van der Waals surface area (Å²) in [6.45, 7) is 4.45. The summed E-state index contributed by atoms with van der Waals surface area (Å²) in [6, 6.07) is 3.85. The van der Waals surface area contributed by atoms with Crippen LogP contribution in [0.25, 0.3) is 0 Å². The van der Waals surface area contributed by atoms with Gasteiger partial charge in [0.2, 0.25) is 0 Å². The molecule has 1 rings (SSSR count). The number of hydrogen-bond donors (Lipinski definition) is 0. The van der Waals surface area contributed by atoms with E-state index in [1.165, 1.54) is 32.1 Å². The average molecular weight is 229 g/mol. The van der Waals surface area contributed by atoms with Crippen LogP contribution in [0.2, 0.25) is 5.22 Å². The van der Waals surface area contributed by atoms with Gasteiger partial charge in [-0.15, -0.1) is 0 Å². The standard InChI is InChI=1S/C13H21ClO/c1-3-5-6-7-8-11(4-2)12-9-10-13(14)15-12/h9-11H,3-8H2,1-2H3. The molecule has 1 aromatic rings. The molecule has 0 radical (unpaired) electrons. The second kappa shape index (κ2) is 6.95. The number of halogens is 1. The maximum absolute atomic E-state index is 5.78. The van der Waals surface area contributed by atoms with E-state index in [2.05, 4.69) is 13.8 Å². The summed E-state index contributed by atoms with van der Waals surface area (Å²) in [4.78, 5) is 0. The minimum atomic E-state index is 0.511. The fraction of sp³-hybridized carbons (Fsp3) is 0.692. The zero-order valence-electron chi connectivity index (χ0n) is 9.76. The van der Waals surface area contributed by atoms with Gasteiger partial charge in [-0.2, -0.15) is 0 Å². The van der Waals surface area contributed by atoms with Gasteiger partial charge in [-0.05, 0) is 36.6 Å². The van der Waals surface area contributed by atoms with Crippen LogP contribution in [0.1, 0.15) is 64.1 Å². The van der Waals surface area contributed by atoms with Crippen LogP contribution >= 0.6 is 11.6 Å². The molecule has 1 heterocycles. The molecule has 0 aliphatic heterocycles. The quantitative estimate of drug-likeness (QED) is 0.570. The maximum Gasteiger partial charge on any atom is 0.193 e. The summed E-state index contributed by atoms with van der Waals surface area (Å²) < 4.78 is 5.46. The first kappa shape index (κ1) is 12.6. The lowest BCUT2D eigenvalue weighted by atomic mass is 9.96. The van der Waals surface area contributed by atoms with Crippen molar-refractivity contribution < 1.29 is 4.42 Å². The van der Waals surface area contributed by atoms with Gasteiger partial charge in [0.15, 0.2) is 5.22 Å². The second-order valence-electron chi connectivity index (χ2n) is 4.10. The van der Waals surface area contributed by atoms with Crippen molar-refractivity contribution in [2.24, 2.45) is 0 Å². The molecule has 0 fully saturated rings. The molecule has 1 unspecified atom stereocenters. The highest BCUT2D eigenvalue weighted by molar-refractivity contribution is 6.28. The molecule has 0 amide bonds. The topological polar surface area (TPSA) is 13.1 Å². The summed E-state index contributed by atoms with van der Waals surface area (Å²) in [7, 11) is 0.